The smallest absolute Gasteiger partial charge is 0.315 e. The molecule has 0 fully saturated rings. The Hall–Kier alpha value is -2.60. The molecule has 0 aliphatic rings. The standard InChI is InChI=1S/C17H22N4O2/c1-21(2)16-14(9-6-10-18-16)11-19-17(23)20-15(12-22)13-7-4-3-5-8-13/h3-10,15,22H,11-12H2,1-2H3,(H2,19,20,23)/t15-/m1/s1. The quantitative estimate of drug-likeness (QED) is 0.758. The zero-order chi connectivity index (χ0) is 16.7. The third-order valence-electron chi connectivity index (χ3n) is 3.42. The van der Waals surface area contributed by atoms with E-state index >= 15 is 0 Å². The molecule has 0 unspecified atom stereocenters. The summed E-state index contributed by atoms with van der Waals surface area (Å²) in [6.45, 7) is 0.202. The van der Waals surface area contributed by atoms with Crippen LogP contribution in [0.2, 0.25) is 0 Å². The van der Waals surface area contributed by atoms with Gasteiger partial charge in [0.2, 0.25) is 0 Å². The van der Waals surface area contributed by atoms with E-state index in [9.17, 15) is 9.90 Å². The largest absolute Gasteiger partial charge is 0.394 e. The van der Waals surface area contributed by atoms with Crippen LogP contribution in [0, 0.1) is 0 Å². The van der Waals surface area contributed by atoms with Gasteiger partial charge in [0, 0.05) is 32.4 Å². The molecule has 0 saturated heterocycles. The molecule has 0 aliphatic heterocycles. The van der Waals surface area contributed by atoms with Crippen LogP contribution >= 0.6 is 0 Å². The normalized spacial score (nSPS) is 11.6. The Labute approximate surface area is 136 Å². The molecule has 122 valence electrons. The number of nitrogens with zero attached hydrogens (tertiary/aromatic N) is 2. The van der Waals surface area contributed by atoms with Gasteiger partial charge in [-0.3, -0.25) is 0 Å². The van der Waals surface area contributed by atoms with Crippen molar-refractivity contribution in [3.63, 3.8) is 0 Å². The van der Waals surface area contributed by atoms with Crippen molar-refractivity contribution in [2.45, 2.75) is 12.6 Å². The maximum atomic E-state index is 12.1. The number of pyridine rings is 1. The number of hydrogen-bond donors (Lipinski definition) is 3. The zero-order valence-electron chi connectivity index (χ0n) is 13.4. The Bertz CT molecular complexity index is 632. The highest BCUT2D eigenvalue weighted by molar-refractivity contribution is 5.74. The first-order valence-corrected chi connectivity index (χ1v) is 7.43. The van der Waals surface area contributed by atoms with E-state index in [0.29, 0.717) is 6.54 Å². The first kappa shape index (κ1) is 16.8. The third kappa shape index (κ3) is 4.69. The minimum atomic E-state index is -0.432. The summed E-state index contributed by atoms with van der Waals surface area (Å²) >= 11 is 0. The average molecular weight is 314 g/mol. The molecule has 2 aromatic rings. The van der Waals surface area contributed by atoms with Gasteiger partial charge in [-0.2, -0.15) is 0 Å². The first-order chi connectivity index (χ1) is 11.1. The number of benzene rings is 1. The van der Waals surface area contributed by atoms with E-state index in [2.05, 4.69) is 15.6 Å². The lowest BCUT2D eigenvalue weighted by Gasteiger charge is -2.19. The van der Waals surface area contributed by atoms with Crippen LogP contribution in [0.4, 0.5) is 10.6 Å². The number of carbonyl (C=O) groups is 1. The third-order valence-corrected chi connectivity index (χ3v) is 3.42. The fraction of sp³-hybridized carbons (Fsp3) is 0.294. The van der Waals surface area contributed by atoms with Crippen LogP contribution in [0.25, 0.3) is 0 Å². The van der Waals surface area contributed by atoms with Crippen molar-refractivity contribution in [3.05, 3.63) is 59.8 Å². The zero-order valence-corrected chi connectivity index (χ0v) is 13.4. The maximum Gasteiger partial charge on any atom is 0.315 e. The average Bonchev–Trinajstić information content (AvgIpc) is 2.58. The number of aromatic nitrogens is 1. The van der Waals surface area contributed by atoms with E-state index < -0.39 is 6.04 Å². The van der Waals surface area contributed by atoms with Crippen molar-refractivity contribution in [2.24, 2.45) is 0 Å². The van der Waals surface area contributed by atoms with E-state index in [1.54, 1.807) is 6.20 Å². The molecule has 2 amide bonds. The van der Waals surface area contributed by atoms with E-state index in [1.807, 2.05) is 61.5 Å². The number of aliphatic hydroxyl groups is 1. The van der Waals surface area contributed by atoms with Gasteiger partial charge in [0.05, 0.1) is 12.6 Å². The van der Waals surface area contributed by atoms with Gasteiger partial charge in [0.25, 0.3) is 0 Å². The van der Waals surface area contributed by atoms with Gasteiger partial charge in [-0.25, -0.2) is 9.78 Å². The molecular weight excluding hydrogens is 292 g/mol. The highest BCUT2D eigenvalue weighted by Gasteiger charge is 2.13. The van der Waals surface area contributed by atoms with Crippen molar-refractivity contribution in [3.8, 4) is 0 Å². The molecule has 1 atom stereocenters. The summed E-state index contributed by atoms with van der Waals surface area (Å²) in [6, 6.07) is 12.4. The fourth-order valence-corrected chi connectivity index (χ4v) is 2.28. The van der Waals surface area contributed by atoms with E-state index in [-0.39, 0.29) is 12.6 Å². The Kier molecular flexibility index (Phi) is 5.94. The molecular formula is C17H22N4O2. The number of rotatable bonds is 6. The second kappa shape index (κ2) is 8.14. The van der Waals surface area contributed by atoms with Gasteiger partial charge >= 0.3 is 6.03 Å². The number of carbonyl (C=O) groups excluding carboxylic acids is 1. The lowest BCUT2D eigenvalue weighted by Crippen LogP contribution is -2.39. The first-order valence-electron chi connectivity index (χ1n) is 7.43. The number of nitrogens with one attached hydrogen (secondary N) is 2. The van der Waals surface area contributed by atoms with E-state index in [1.165, 1.54) is 0 Å². The maximum absolute atomic E-state index is 12.1. The summed E-state index contributed by atoms with van der Waals surface area (Å²) in [7, 11) is 3.81. The summed E-state index contributed by atoms with van der Waals surface area (Å²) in [5.41, 5.74) is 1.79. The molecule has 1 aromatic heterocycles. The van der Waals surface area contributed by atoms with Gasteiger partial charge in [0.1, 0.15) is 5.82 Å². The lowest BCUT2D eigenvalue weighted by molar-refractivity contribution is 0.216. The molecule has 0 aliphatic carbocycles. The van der Waals surface area contributed by atoms with E-state index in [4.69, 9.17) is 0 Å². The van der Waals surface area contributed by atoms with Crippen LogP contribution in [0.15, 0.2) is 48.7 Å². The van der Waals surface area contributed by atoms with Crippen LogP contribution in [0.3, 0.4) is 0 Å². The summed E-state index contributed by atoms with van der Waals surface area (Å²) in [4.78, 5) is 18.3. The molecule has 3 N–H and O–H groups in total. The molecule has 0 spiro atoms. The summed E-state index contributed by atoms with van der Waals surface area (Å²) in [6.07, 6.45) is 1.72. The Morgan fingerprint density at radius 2 is 1.96 bits per heavy atom. The van der Waals surface area contributed by atoms with Crippen molar-refractivity contribution < 1.29 is 9.90 Å². The second-order valence-electron chi connectivity index (χ2n) is 5.35. The van der Waals surface area contributed by atoms with Crippen molar-refractivity contribution >= 4 is 11.8 Å². The van der Waals surface area contributed by atoms with Gasteiger partial charge < -0.3 is 20.6 Å². The predicted octanol–water partition coefficient (Wildman–Crippen LogP) is 1.68. The van der Waals surface area contributed by atoms with Crippen molar-refractivity contribution in [1.29, 1.82) is 0 Å². The molecule has 0 saturated carbocycles. The number of urea groups is 1. The summed E-state index contributed by atoms with van der Waals surface area (Å²) in [5, 5.41) is 15.0. The van der Waals surface area contributed by atoms with Crippen LogP contribution in [0.5, 0.6) is 0 Å². The molecule has 1 aromatic carbocycles. The van der Waals surface area contributed by atoms with Crippen LogP contribution in [-0.4, -0.2) is 36.8 Å². The fourth-order valence-electron chi connectivity index (χ4n) is 2.28. The van der Waals surface area contributed by atoms with Gasteiger partial charge in [-0.05, 0) is 11.6 Å². The van der Waals surface area contributed by atoms with E-state index in [0.717, 1.165) is 16.9 Å². The highest BCUT2D eigenvalue weighted by Crippen LogP contribution is 2.14. The Balaban J connectivity index is 1.95. The minimum Gasteiger partial charge on any atom is -0.394 e. The van der Waals surface area contributed by atoms with Gasteiger partial charge in [0.15, 0.2) is 0 Å². The monoisotopic (exact) mass is 314 g/mol. The SMILES string of the molecule is CN(C)c1ncccc1CNC(=O)N[C@H](CO)c1ccccc1. The number of hydrogen-bond acceptors (Lipinski definition) is 4. The van der Waals surface area contributed by atoms with Crippen molar-refractivity contribution in [1.82, 2.24) is 15.6 Å². The molecule has 1 heterocycles. The Morgan fingerprint density at radius 3 is 2.61 bits per heavy atom. The number of amides is 2. The van der Waals surface area contributed by atoms with Crippen LogP contribution < -0.4 is 15.5 Å². The number of aliphatic hydroxyl groups excluding tert-OH is 1. The lowest BCUT2D eigenvalue weighted by atomic mass is 10.1. The number of anilines is 1. The minimum absolute atomic E-state index is 0.159. The molecule has 0 radical (unpaired) electrons. The Morgan fingerprint density at radius 1 is 1.22 bits per heavy atom. The second-order valence-corrected chi connectivity index (χ2v) is 5.35. The molecule has 2 rings (SSSR count). The van der Waals surface area contributed by atoms with Crippen molar-refractivity contribution in [2.75, 3.05) is 25.6 Å². The van der Waals surface area contributed by atoms with Crippen LogP contribution in [-0.2, 0) is 6.54 Å². The highest BCUT2D eigenvalue weighted by atomic mass is 16.3. The molecule has 0 bridgehead atoms. The summed E-state index contributed by atoms with van der Waals surface area (Å²) in [5.74, 6) is 0.814. The van der Waals surface area contributed by atoms with Gasteiger partial charge in [-0.1, -0.05) is 36.4 Å². The van der Waals surface area contributed by atoms with Gasteiger partial charge in [-0.15, -0.1) is 0 Å². The molecule has 6 nitrogen and oxygen atoms in total. The summed E-state index contributed by atoms with van der Waals surface area (Å²) < 4.78 is 0. The molecule has 23 heavy (non-hydrogen) atoms. The van der Waals surface area contributed by atoms with Crippen LogP contribution in [0.1, 0.15) is 17.2 Å². The predicted molar refractivity (Wildman–Crippen MR) is 90.2 cm³/mol. The topological polar surface area (TPSA) is 77.5 Å². The molecule has 6 heteroatoms.